The Balaban J connectivity index is 2.49. The summed E-state index contributed by atoms with van der Waals surface area (Å²) in [6, 6.07) is 7.74. The molecule has 1 atom stereocenters. The van der Waals surface area contributed by atoms with Gasteiger partial charge in [0.25, 0.3) is 5.91 Å². The molecular formula is C20H32N2O4. The molecular weight excluding hydrogens is 332 g/mol. The molecule has 0 radical (unpaired) electrons. The van der Waals surface area contributed by atoms with Crippen LogP contribution in [0.2, 0.25) is 0 Å². The van der Waals surface area contributed by atoms with Gasteiger partial charge in [-0.05, 0) is 36.5 Å². The van der Waals surface area contributed by atoms with E-state index in [-0.39, 0.29) is 23.8 Å². The number of benzene rings is 1. The van der Waals surface area contributed by atoms with Gasteiger partial charge in [-0.2, -0.15) is 0 Å². The lowest BCUT2D eigenvalue weighted by atomic mass is 9.87. The highest BCUT2D eigenvalue weighted by molar-refractivity contribution is 5.86. The van der Waals surface area contributed by atoms with Crippen molar-refractivity contribution in [2.45, 2.75) is 45.6 Å². The minimum absolute atomic E-state index is 0.00246. The summed E-state index contributed by atoms with van der Waals surface area (Å²) in [6.07, 6.45) is 0.0750. The molecule has 0 heterocycles. The predicted molar refractivity (Wildman–Crippen MR) is 102 cm³/mol. The number of carbonyl (C=O) groups excluding carboxylic acids is 2. The molecule has 1 N–H and O–H groups in total. The molecule has 0 saturated heterocycles. The van der Waals surface area contributed by atoms with Gasteiger partial charge in [0.05, 0.1) is 6.54 Å². The summed E-state index contributed by atoms with van der Waals surface area (Å²) in [6.45, 7) is 9.24. The molecule has 1 aromatic carbocycles. The number of hydrogen-bond donors (Lipinski definition) is 1. The Labute approximate surface area is 156 Å². The Morgan fingerprint density at radius 3 is 2.35 bits per heavy atom. The fraction of sp³-hybridized carbons (Fsp3) is 0.600. The maximum absolute atomic E-state index is 12.4. The van der Waals surface area contributed by atoms with Crippen molar-refractivity contribution in [1.29, 1.82) is 0 Å². The number of carbonyl (C=O) groups is 2. The first kappa shape index (κ1) is 22.0. The number of likely N-dealkylation sites (N-methyl/N-ethyl adjacent to an activating group) is 1. The zero-order valence-electron chi connectivity index (χ0n) is 16.8. The number of nitrogens with one attached hydrogen (secondary N) is 1. The summed E-state index contributed by atoms with van der Waals surface area (Å²) < 4.78 is 10.6. The lowest BCUT2D eigenvalue weighted by molar-refractivity contribution is -0.139. The SMILES string of the molecule is COCCCNC(=O)CN(C)C(=O)C(C)Oc1ccc(C(C)(C)C)cc1. The fourth-order valence-corrected chi connectivity index (χ4v) is 2.39. The van der Waals surface area contributed by atoms with Crippen LogP contribution in [0.15, 0.2) is 24.3 Å². The summed E-state index contributed by atoms with van der Waals surface area (Å²) in [5.41, 5.74) is 1.27. The molecule has 0 aromatic heterocycles. The van der Waals surface area contributed by atoms with Gasteiger partial charge in [0.2, 0.25) is 5.91 Å². The largest absolute Gasteiger partial charge is 0.481 e. The first-order valence-corrected chi connectivity index (χ1v) is 8.93. The van der Waals surface area contributed by atoms with E-state index in [0.29, 0.717) is 18.9 Å². The van der Waals surface area contributed by atoms with E-state index in [2.05, 4.69) is 26.1 Å². The number of methoxy groups -OCH3 is 1. The van der Waals surface area contributed by atoms with Gasteiger partial charge in [-0.25, -0.2) is 0 Å². The minimum atomic E-state index is -0.665. The molecule has 26 heavy (non-hydrogen) atoms. The minimum Gasteiger partial charge on any atom is -0.481 e. The van der Waals surface area contributed by atoms with Gasteiger partial charge < -0.3 is 19.7 Å². The average Bonchev–Trinajstić information content (AvgIpc) is 2.57. The zero-order chi connectivity index (χ0) is 19.7. The van der Waals surface area contributed by atoms with Gasteiger partial charge in [0, 0.05) is 27.3 Å². The molecule has 0 spiro atoms. The van der Waals surface area contributed by atoms with Gasteiger partial charge in [0.15, 0.2) is 6.10 Å². The van der Waals surface area contributed by atoms with E-state index in [9.17, 15) is 9.59 Å². The lowest BCUT2D eigenvalue weighted by Crippen LogP contribution is -2.43. The second-order valence-corrected chi connectivity index (χ2v) is 7.43. The van der Waals surface area contributed by atoms with E-state index >= 15 is 0 Å². The molecule has 6 heteroatoms. The smallest absolute Gasteiger partial charge is 0.263 e. The van der Waals surface area contributed by atoms with Crippen molar-refractivity contribution in [2.24, 2.45) is 0 Å². The average molecular weight is 364 g/mol. The van der Waals surface area contributed by atoms with Crippen LogP contribution in [-0.4, -0.2) is 56.7 Å². The Hall–Kier alpha value is -2.08. The molecule has 0 aliphatic heterocycles. The van der Waals surface area contributed by atoms with Gasteiger partial charge in [-0.15, -0.1) is 0 Å². The highest BCUT2D eigenvalue weighted by Gasteiger charge is 2.21. The van der Waals surface area contributed by atoms with E-state index in [1.807, 2.05) is 24.3 Å². The fourth-order valence-electron chi connectivity index (χ4n) is 2.39. The second-order valence-electron chi connectivity index (χ2n) is 7.43. The molecule has 1 aromatic rings. The first-order valence-electron chi connectivity index (χ1n) is 8.93. The highest BCUT2D eigenvalue weighted by Crippen LogP contribution is 2.24. The van der Waals surface area contributed by atoms with E-state index < -0.39 is 6.10 Å². The summed E-state index contributed by atoms with van der Waals surface area (Å²) in [5.74, 6) is 0.201. The topological polar surface area (TPSA) is 67.9 Å². The molecule has 0 bridgehead atoms. The van der Waals surface area contributed by atoms with E-state index in [0.717, 1.165) is 6.42 Å². The van der Waals surface area contributed by atoms with Gasteiger partial charge in [-0.1, -0.05) is 32.9 Å². The zero-order valence-corrected chi connectivity index (χ0v) is 16.8. The third-order valence-electron chi connectivity index (χ3n) is 3.99. The van der Waals surface area contributed by atoms with Crippen LogP contribution < -0.4 is 10.1 Å². The van der Waals surface area contributed by atoms with Crippen molar-refractivity contribution in [2.75, 3.05) is 33.9 Å². The Morgan fingerprint density at radius 2 is 1.81 bits per heavy atom. The van der Waals surface area contributed by atoms with Crippen LogP contribution in [0.25, 0.3) is 0 Å². The highest BCUT2D eigenvalue weighted by atomic mass is 16.5. The summed E-state index contributed by atoms with van der Waals surface area (Å²) in [4.78, 5) is 25.6. The second kappa shape index (κ2) is 10.2. The van der Waals surface area contributed by atoms with Crippen LogP contribution >= 0.6 is 0 Å². The van der Waals surface area contributed by atoms with Crippen molar-refractivity contribution in [3.8, 4) is 5.75 Å². The number of ether oxygens (including phenoxy) is 2. The van der Waals surface area contributed by atoms with Crippen molar-refractivity contribution in [3.63, 3.8) is 0 Å². The van der Waals surface area contributed by atoms with Gasteiger partial charge >= 0.3 is 0 Å². The molecule has 2 amide bonds. The number of nitrogens with zero attached hydrogens (tertiary/aromatic N) is 1. The third-order valence-corrected chi connectivity index (χ3v) is 3.99. The third kappa shape index (κ3) is 7.44. The molecule has 0 saturated carbocycles. The quantitative estimate of drug-likeness (QED) is 0.683. The molecule has 1 rings (SSSR count). The van der Waals surface area contributed by atoms with Gasteiger partial charge in [-0.3, -0.25) is 9.59 Å². The maximum atomic E-state index is 12.4. The number of hydrogen-bond acceptors (Lipinski definition) is 4. The normalized spacial score (nSPS) is 12.4. The van der Waals surface area contributed by atoms with Gasteiger partial charge in [0.1, 0.15) is 5.75 Å². The predicted octanol–water partition coefficient (Wildman–Crippen LogP) is 2.36. The molecule has 0 aliphatic carbocycles. The maximum Gasteiger partial charge on any atom is 0.263 e. The van der Waals surface area contributed by atoms with Crippen LogP contribution in [0, 0.1) is 0 Å². The molecule has 6 nitrogen and oxygen atoms in total. The van der Waals surface area contributed by atoms with Crippen molar-refractivity contribution >= 4 is 11.8 Å². The summed E-state index contributed by atoms with van der Waals surface area (Å²) >= 11 is 0. The van der Waals surface area contributed by atoms with Crippen LogP contribution in [0.4, 0.5) is 0 Å². The summed E-state index contributed by atoms with van der Waals surface area (Å²) in [7, 11) is 3.21. The van der Waals surface area contributed by atoms with Crippen molar-refractivity contribution in [3.05, 3.63) is 29.8 Å². The Bertz CT molecular complexity index is 578. The Morgan fingerprint density at radius 1 is 1.19 bits per heavy atom. The lowest BCUT2D eigenvalue weighted by Gasteiger charge is -2.23. The van der Waals surface area contributed by atoms with Crippen LogP contribution in [-0.2, 0) is 19.7 Å². The molecule has 0 aliphatic rings. The number of amides is 2. The van der Waals surface area contributed by atoms with Crippen LogP contribution in [0.5, 0.6) is 5.75 Å². The molecule has 1 unspecified atom stereocenters. The first-order chi connectivity index (χ1) is 12.1. The molecule has 0 fully saturated rings. The van der Waals surface area contributed by atoms with Crippen molar-refractivity contribution in [1.82, 2.24) is 10.2 Å². The monoisotopic (exact) mass is 364 g/mol. The van der Waals surface area contributed by atoms with E-state index in [1.54, 1.807) is 21.1 Å². The molecule has 146 valence electrons. The van der Waals surface area contributed by atoms with Crippen LogP contribution in [0.3, 0.4) is 0 Å². The number of rotatable bonds is 9. The van der Waals surface area contributed by atoms with E-state index in [4.69, 9.17) is 9.47 Å². The standard InChI is InChI=1S/C20H32N2O4/c1-15(26-17-10-8-16(9-11-17)20(2,3)4)19(24)22(5)14-18(23)21-12-7-13-25-6/h8-11,15H,7,12-14H2,1-6H3,(H,21,23). The summed E-state index contributed by atoms with van der Waals surface area (Å²) in [5, 5.41) is 2.76. The Kier molecular flexibility index (Phi) is 8.58. The van der Waals surface area contributed by atoms with Crippen LogP contribution in [0.1, 0.15) is 39.7 Å². The van der Waals surface area contributed by atoms with E-state index in [1.165, 1.54) is 10.5 Å². The van der Waals surface area contributed by atoms with Crippen molar-refractivity contribution < 1.29 is 19.1 Å².